The van der Waals surface area contributed by atoms with Gasteiger partial charge in [0, 0.05) is 34.3 Å². The fraction of sp³-hybridized carbons (Fsp3) is 0.286. The molecule has 0 bridgehead atoms. The second kappa shape index (κ2) is 11.0. The molecule has 1 aliphatic rings. The van der Waals surface area contributed by atoms with Crippen molar-refractivity contribution in [1.82, 2.24) is 14.9 Å². The number of H-pyrrole nitrogens is 1. The summed E-state index contributed by atoms with van der Waals surface area (Å²) in [5.74, 6) is 0.933. The Balaban J connectivity index is 1.53. The highest BCUT2D eigenvalue weighted by Gasteiger charge is 2.37. The maximum absolute atomic E-state index is 12.4. The van der Waals surface area contributed by atoms with E-state index in [4.69, 9.17) is 26.4 Å². The highest BCUT2D eigenvalue weighted by atomic mass is 32.1. The average molecular weight is 562 g/mol. The van der Waals surface area contributed by atoms with Gasteiger partial charge in [0.05, 0.1) is 43.5 Å². The smallest absolute Gasteiger partial charge is 0.330 e. The molecule has 0 saturated carbocycles. The minimum atomic E-state index is -0.721. The van der Waals surface area contributed by atoms with E-state index in [-0.39, 0.29) is 11.7 Å². The van der Waals surface area contributed by atoms with Crippen LogP contribution in [-0.2, 0) is 4.74 Å². The Hall–Kier alpha value is -4.44. The van der Waals surface area contributed by atoms with E-state index in [1.54, 1.807) is 13.0 Å². The Labute approximate surface area is 233 Å². The third kappa shape index (κ3) is 4.64. The normalized spacial score (nSPS) is 18.4. The van der Waals surface area contributed by atoms with Crippen molar-refractivity contribution in [3.05, 3.63) is 74.6 Å². The molecule has 4 N–H and O–H groups in total. The molecule has 3 atom stereocenters. The Kier molecular flexibility index (Phi) is 7.44. The van der Waals surface area contributed by atoms with E-state index in [9.17, 15) is 20.0 Å². The van der Waals surface area contributed by atoms with Gasteiger partial charge in [0.15, 0.2) is 16.6 Å². The van der Waals surface area contributed by atoms with E-state index in [0.717, 1.165) is 10.8 Å². The molecule has 0 radical (unpaired) electrons. The number of aryl methyl sites for hydroxylation is 1. The number of aromatic nitrogens is 2. The van der Waals surface area contributed by atoms with Crippen LogP contribution in [0.3, 0.4) is 0 Å². The highest BCUT2D eigenvalue weighted by Crippen LogP contribution is 2.45. The standard InChI is InChI=1S/C28H27N5O6S/c1-14-12-33(28(36)32-26(14)35)22-10-19(21(13-34)39-22)30-27(40)31-24-17-7-5-4-6-15(17)18(11-29)16-8-9-20(37-2)25(38-3)23(16)24/h4-9,12,19,21-22,34H,10,13H2,1-3H3,(H2,30,31,40)(H,32,35,36)/t19-,21+,22+/m0/s1. The predicted octanol–water partition coefficient (Wildman–Crippen LogP) is 2.68. The van der Waals surface area contributed by atoms with Crippen molar-refractivity contribution >= 4 is 44.6 Å². The topological polar surface area (TPSA) is 151 Å². The molecule has 40 heavy (non-hydrogen) atoms. The predicted molar refractivity (Wildman–Crippen MR) is 154 cm³/mol. The summed E-state index contributed by atoms with van der Waals surface area (Å²) in [5.41, 5.74) is 0.398. The average Bonchev–Trinajstić information content (AvgIpc) is 3.36. The van der Waals surface area contributed by atoms with Crippen LogP contribution in [-0.4, -0.2) is 52.7 Å². The number of ether oxygens (including phenoxy) is 3. The molecule has 12 heteroatoms. The quantitative estimate of drug-likeness (QED) is 0.204. The van der Waals surface area contributed by atoms with E-state index in [2.05, 4.69) is 21.7 Å². The molecule has 0 aliphatic carbocycles. The van der Waals surface area contributed by atoms with Crippen molar-refractivity contribution in [2.24, 2.45) is 0 Å². The maximum atomic E-state index is 12.4. The lowest BCUT2D eigenvalue weighted by atomic mass is 9.94. The monoisotopic (exact) mass is 561 g/mol. The summed E-state index contributed by atoms with van der Waals surface area (Å²) in [6.45, 7) is 1.28. The van der Waals surface area contributed by atoms with Gasteiger partial charge < -0.3 is 30.0 Å². The molecular formula is C28H27N5O6S. The van der Waals surface area contributed by atoms with Gasteiger partial charge in [-0.15, -0.1) is 0 Å². The number of methoxy groups -OCH3 is 2. The molecule has 5 rings (SSSR count). The second-order valence-corrected chi connectivity index (χ2v) is 9.77. The first kappa shape index (κ1) is 27.1. The van der Waals surface area contributed by atoms with Crippen LogP contribution in [0.4, 0.5) is 5.69 Å². The zero-order valence-corrected chi connectivity index (χ0v) is 22.8. The molecule has 0 spiro atoms. The fourth-order valence-corrected chi connectivity index (χ4v) is 5.43. The molecule has 206 valence electrons. The molecule has 11 nitrogen and oxygen atoms in total. The van der Waals surface area contributed by atoms with Gasteiger partial charge >= 0.3 is 5.69 Å². The summed E-state index contributed by atoms with van der Waals surface area (Å²) >= 11 is 5.71. The van der Waals surface area contributed by atoms with Gasteiger partial charge in [0.1, 0.15) is 18.4 Å². The van der Waals surface area contributed by atoms with E-state index in [0.29, 0.717) is 45.5 Å². The van der Waals surface area contributed by atoms with E-state index in [1.165, 1.54) is 25.0 Å². The third-order valence-corrected chi connectivity index (χ3v) is 7.29. The summed E-state index contributed by atoms with van der Waals surface area (Å²) in [6, 6.07) is 12.9. The number of anilines is 1. The highest BCUT2D eigenvalue weighted by molar-refractivity contribution is 7.80. The van der Waals surface area contributed by atoms with Gasteiger partial charge in [-0.05, 0) is 31.3 Å². The second-order valence-electron chi connectivity index (χ2n) is 9.36. The number of aliphatic hydroxyl groups is 1. The zero-order valence-electron chi connectivity index (χ0n) is 22.0. The zero-order chi connectivity index (χ0) is 28.6. The van der Waals surface area contributed by atoms with Crippen molar-refractivity contribution in [1.29, 1.82) is 5.26 Å². The number of benzene rings is 3. The number of nitriles is 1. The van der Waals surface area contributed by atoms with Crippen LogP contribution in [0.5, 0.6) is 11.5 Å². The number of aromatic amines is 1. The molecule has 0 amide bonds. The van der Waals surface area contributed by atoms with Crippen LogP contribution in [0.15, 0.2) is 52.2 Å². The van der Waals surface area contributed by atoms with E-state index < -0.39 is 29.6 Å². The molecule has 2 heterocycles. The van der Waals surface area contributed by atoms with Crippen LogP contribution in [0.1, 0.15) is 23.8 Å². The Morgan fingerprint density at radius 3 is 2.62 bits per heavy atom. The summed E-state index contributed by atoms with van der Waals surface area (Å²) < 4.78 is 18.5. The summed E-state index contributed by atoms with van der Waals surface area (Å²) in [6.07, 6.45) is 0.340. The minimum Gasteiger partial charge on any atom is -0.493 e. The van der Waals surface area contributed by atoms with Crippen LogP contribution in [0.2, 0.25) is 0 Å². The van der Waals surface area contributed by atoms with Crippen LogP contribution < -0.4 is 31.4 Å². The molecule has 3 aromatic carbocycles. The molecule has 4 aromatic rings. The van der Waals surface area contributed by atoms with Gasteiger partial charge in [0.25, 0.3) is 5.56 Å². The lowest BCUT2D eigenvalue weighted by Gasteiger charge is -2.22. The lowest BCUT2D eigenvalue weighted by molar-refractivity contribution is -0.0281. The first-order chi connectivity index (χ1) is 19.3. The first-order valence-electron chi connectivity index (χ1n) is 12.5. The largest absolute Gasteiger partial charge is 0.493 e. The molecule has 0 unspecified atom stereocenters. The number of nitrogens with one attached hydrogen (secondary N) is 3. The van der Waals surface area contributed by atoms with Gasteiger partial charge in [-0.3, -0.25) is 14.3 Å². The van der Waals surface area contributed by atoms with E-state index >= 15 is 0 Å². The number of hydrogen-bond acceptors (Lipinski definition) is 8. The summed E-state index contributed by atoms with van der Waals surface area (Å²) in [7, 11) is 3.07. The van der Waals surface area contributed by atoms with Crippen LogP contribution in [0.25, 0.3) is 21.5 Å². The van der Waals surface area contributed by atoms with Crippen molar-refractivity contribution in [2.75, 3.05) is 26.1 Å². The Morgan fingerprint density at radius 2 is 1.95 bits per heavy atom. The van der Waals surface area contributed by atoms with Crippen molar-refractivity contribution in [2.45, 2.75) is 31.7 Å². The lowest BCUT2D eigenvalue weighted by Crippen LogP contribution is -2.43. The van der Waals surface area contributed by atoms with Gasteiger partial charge in [-0.1, -0.05) is 24.3 Å². The molecule has 1 aliphatic heterocycles. The number of nitrogens with zero attached hydrogens (tertiary/aromatic N) is 2. The molecule has 1 saturated heterocycles. The number of fused-ring (bicyclic) bond motifs is 2. The number of rotatable bonds is 6. The van der Waals surface area contributed by atoms with E-state index in [1.807, 2.05) is 30.3 Å². The number of aliphatic hydroxyl groups excluding tert-OH is 1. The first-order valence-corrected chi connectivity index (χ1v) is 12.9. The van der Waals surface area contributed by atoms with Crippen molar-refractivity contribution in [3.8, 4) is 17.6 Å². The summed E-state index contributed by atoms with van der Waals surface area (Å²) in [5, 5.41) is 29.5. The molecular weight excluding hydrogens is 534 g/mol. The van der Waals surface area contributed by atoms with Crippen molar-refractivity contribution < 1.29 is 19.3 Å². The van der Waals surface area contributed by atoms with Gasteiger partial charge in [-0.25, -0.2) is 4.79 Å². The van der Waals surface area contributed by atoms with Crippen molar-refractivity contribution in [3.63, 3.8) is 0 Å². The molecule has 1 aromatic heterocycles. The summed E-state index contributed by atoms with van der Waals surface area (Å²) in [4.78, 5) is 26.5. The fourth-order valence-electron chi connectivity index (χ4n) is 5.17. The maximum Gasteiger partial charge on any atom is 0.330 e. The van der Waals surface area contributed by atoms with Gasteiger partial charge in [-0.2, -0.15) is 5.26 Å². The van der Waals surface area contributed by atoms with Crippen LogP contribution in [0, 0.1) is 18.3 Å². The third-order valence-electron chi connectivity index (χ3n) is 7.07. The minimum absolute atomic E-state index is 0.235. The van der Waals surface area contributed by atoms with Gasteiger partial charge in [0.2, 0.25) is 0 Å². The SMILES string of the molecule is COc1ccc2c(C#N)c3ccccc3c(NC(=S)N[C@H]3C[C@H](n4cc(C)c(=O)[nH]c4=O)O[C@@H]3CO)c2c1OC. The Morgan fingerprint density at radius 1 is 1.20 bits per heavy atom. The Bertz CT molecular complexity index is 1790. The number of thiocarbonyl (C=S) groups is 1. The molecule has 1 fully saturated rings. The van der Waals surface area contributed by atoms with Crippen LogP contribution >= 0.6 is 12.2 Å². The number of hydrogen-bond donors (Lipinski definition) is 4.